The molecule has 17 heavy (non-hydrogen) atoms. The lowest BCUT2D eigenvalue weighted by molar-refractivity contribution is -0.123. The highest BCUT2D eigenvalue weighted by Gasteiger charge is 2.31. The molecule has 2 rings (SSSR count). The fourth-order valence-corrected chi connectivity index (χ4v) is 1.78. The second-order valence-electron chi connectivity index (χ2n) is 4.48. The number of hydrogen-bond donors (Lipinski definition) is 1. The molecule has 4 nitrogen and oxygen atoms in total. The van der Waals surface area contributed by atoms with Gasteiger partial charge in [0, 0.05) is 6.42 Å². The topological polar surface area (TPSA) is 55.4 Å². The number of carbonyl (C=O) groups excluding carboxylic acids is 2. The molecule has 1 heterocycles. The van der Waals surface area contributed by atoms with E-state index in [0.29, 0.717) is 12.3 Å². The van der Waals surface area contributed by atoms with Crippen LogP contribution < -0.4 is 5.32 Å². The highest BCUT2D eigenvalue weighted by molar-refractivity contribution is 6.00. The van der Waals surface area contributed by atoms with Crippen molar-refractivity contribution in [2.75, 3.05) is 0 Å². The molecule has 1 aromatic carbocycles. The molecule has 0 bridgehead atoms. The Balaban J connectivity index is 2.04. The van der Waals surface area contributed by atoms with Crippen LogP contribution in [0.25, 0.3) is 0 Å². The molecule has 4 heteroatoms. The summed E-state index contributed by atoms with van der Waals surface area (Å²) in [5.41, 5.74) is 2.24. The number of ether oxygens (including phenoxy) is 1. The Morgan fingerprint density at radius 1 is 1.24 bits per heavy atom. The zero-order valence-electron chi connectivity index (χ0n) is 9.90. The minimum Gasteiger partial charge on any atom is -0.435 e. The molecule has 1 aliphatic heterocycles. The van der Waals surface area contributed by atoms with Gasteiger partial charge in [0.25, 0.3) is 5.91 Å². The molecule has 90 valence electrons. The molecule has 1 unspecified atom stereocenters. The van der Waals surface area contributed by atoms with Crippen molar-refractivity contribution in [1.29, 1.82) is 0 Å². The number of rotatable bonds is 3. The van der Waals surface area contributed by atoms with Crippen molar-refractivity contribution < 1.29 is 14.3 Å². The summed E-state index contributed by atoms with van der Waals surface area (Å²) in [7, 11) is 0. The van der Waals surface area contributed by atoms with Gasteiger partial charge in [0.2, 0.25) is 0 Å². The van der Waals surface area contributed by atoms with Crippen LogP contribution >= 0.6 is 0 Å². The zero-order chi connectivity index (χ0) is 12.4. The predicted molar refractivity (Wildman–Crippen MR) is 62.6 cm³/mol. The first kappa shape index (κ1) is 11.6. The standard InChI is InChI=1S/C13H15NO3/c1-8(2)10-5-3-9(4-6-10)7-11-12(15)14-13(16)17-11/h3-6,8,11H,7H2,1-2H3,(H,14,15,16). The fourth-order valence-electron chi connectivity index (χ4n) is 1.78. The largest absolute Gasteiger partial charge is 0.435 e. The second kappa shape index (κ2) is 4.57. The highest BCUT2D eigenvalue weighted by Crippen LogP contribution is 2.17. The Bertz CT molecular complexity index is 436. The van der Waals surface area contributed by atoms with Crippen LogP contribution in [-0.4, -0.2) is 18.1 Å². The summed E-state index contributed by atoms with van der Waals surface area (Å²) >= 11 is 0. The quantitative estimate of drug-likeness (QED) is 0.868. The van der Waals surface area contributed by atoms with Gasteiger partial charge < -0.3 is 4.74 Å². The fraction of sp³-hybridized carbons (Fsp3) is 0.385. The Kier molecular flexibility index (Phi) is 3.13. The van der Waals surface area contributed by atoms with Gasteiger partial charge in [0.1, 0.15) is 0 Å². The van der Waals surface area contributed by atoms with Crippen molar-refractivity contribution in [3.63, 3.8) is 0 Å². The number of imide groups is 1. The maximum atomic E-state index is 11.3. The van der Waals surface area contributed by atoms with E-state index in [0.717, 1.165) is 5.56 Å². The van der Waals surface area contributed by atoms with Crippen LogP contribution in [-0.2, 0) is 16.0 Å². The van der Waals surface area contributed by atoms with Crippen molar-refractivity contribution in [3.8, 4) is 0 Å². The number of carbonyl (C=O) groups is 2. The van der Waals surface area contributed by atoms with Crippen molar-refractivity contribution >= 4 is 12.0 Å². The van der Waals surface area contributed by atoms with Gasteiger partial charge in [-0.2, -0.15) is 0 Å². The van der Waals surface area contributed by atoms with Gasteiger partial charge in [0.05, 0.1) is 0 Å². The first-order chi connectivity index (χ1) is 8.06. The van der Waals surface area contributed by atoms with Gasteiger partial charge >= 0.3 is 6.09 Å². The summed E-state index contributed by atoms with van der Waals surface area (Å²) < 4.78 is 4.86. The Morgan fingerprint density at radius 3 is 2.35 bits per heavy atom. The van der Waals surface area contributed by atoms with Crippen LogP contribution in [0.3, 0.4) is 0 Å². The van der Waals surface area contributed by atoms with Gasteiger partial charge in [-0.05, 0) is 17.0 Å². The zero-order valence-corrected chi connectivity index (χ0v) is 9.90. The van der Waals surface area contributed by atoms with E-state index in [9.17, 15) is 9.59 Å². The van der Waals surface area contributed by atoms with Crippen molar-refractivity contribution in [1.82, 2.24) is 5.32 Å². The van der Waals surface area contributed by atoms with E-state index in [1.807, 2.05) is 24.3 Å². The summed E-state index contributed by atoms with van der Waals surface area (Å²) in [6.45, 7) is 4.25. The van der Waals surface area contributed by atoms with Gasteiger partial charge in [-0.1, -0.05) is 38.1 Å². The summed E-state index contributed by atoms with van der Waals surface area (Å²) in [6, 6.07) is 8.01. The number of nitrogens with one attached hydrogen (secondary N) is 1. The Labute approximate surface area is 100.0 Å². The molecule has 1 N–H and O–H groups in total. The molecular weight excluding hydrogens is 218 g/mol. The van der Waals surface area contributed by atoms with Gasteiger partial charge in [-0.25, -0.2) is 4.79 Å². The number of benzene rings is 1. The molecule has 0 spiro atoms. The summed E-state index contributed by atoms with van der Waals surface area (Å²) in [6.07, 6.45) is -0.915. The minimum atomic E-state index is -0.688. The summed E-state index contributed by atoms with van der Waals surface area (Å²) in [5.74, 6) is 0.125. The first-order valence-corrected chi connectivity index (χ1v) is 5.66. The molecule has 2 amide bonds. The van der Waals surface area contributed by atoms with Crippen molar-refractivity contribution in [2.24, 2.45) is 0 Å². The van der Waals surface area contributed by atoms with Crippen LogP contribution in [0.1, 0.15) is 30.9 Å². The lowest BCUT2D eigenvalue weighted by Crippen LogP contribution is -2.25. The first-order valence-electron chi connectivity index (χ1n) is 5.66. The van der Waals surface area contributed by atoms with E-state index in [1.165, 1.54) is 5.56 Å². The molecule has 1 saturated heterocycles. The molecule has 0 aliphatic carbocycles. The lowest BCUT2D eigenvalue weighted by atomic mass is 10.00. The third-order valence-electron chi connectivity index (χ3n) is 2.83. The SMILES string of the molecule is CC(C)c1ccc(CC2OC(=O)NC2=O)cc1. The number of cyclic esters (lactones) is 1. The van der Waals surface area contributed by atoms with Crippen LogP contribution in [0.15, 0.2) is 24.3 Å². The molecule has 1 aromatic rings. The van der Waals surface area contributed by atoms with E-state index < -0.39 is 12.2 Å². The minimum absolute atomic E-state index is 0.358. The van der Waals surface area contributed by atoms with Crippen LogP contribution in [0.2, 0.25) is 0 Å². The second-order valence-corrected chi connectivity index (χ2v) is 4.48. The Hall–Kier alpha value is -1.84. The maximum Gasteiger partial charge on any atom is 0.414 e. The van der Waals surface area contributed by atoms with Crippen molar-refractivity contribution in [2.45, 2.75) is 32.3 Å². The molecule has 0 aromatic heterocycles. The highest BCUT2D eigenvalue weighted by atomic mass is 16.6. The van der Waals surface area contributed by atoms with E-state index in [-0.39, 0.29) is 5.91 Å². The van der Waals surface area contributed by atoms with Crippen LogP contribution in [0, 0.1) is 0 Å². The molecule has 1 aliphatic rings. The van der Waals surface area contributed by atoms with Gasteiger partial charge in [0.15, 0.2) is 6.10 Å². The molecule has 1 atom stereocenters. The molecule has 1 fully saturated rings. The smallest absolute Gasteiger partial charge is 0.414 e. The number of amides is 2. The lowest BCUT2D eigenvalue weighted by Gasteiger charge is -2.09. The third-order valence-corrected chi connectivity index (χ3v) is 2.83. The van der Waals surface area contributed by atoms with Crippen LogP contribution in [0.5, 0.6) is 0 Å². The van der Waals surface area contributed by atoms with E-state index in [4.69, 9.17) is 4.74 Å². The van der Waals surface area contributed by atoms with E-state index in [1.54, 1.807) is 0 Å². The van der Waals surface area contributed by atoms with Crippen molar-refractivity contribution in [3.05, 3.63) is 35.4 Å². The Morgan fingerprint density at radius 2 is 1.88 bits per heavy atom. The monoisotopic (exact) mass is 233 g/mol. The average Bonchev–Trinajstić information content (AvgIpc) is 2.58. The van der Waals surface area contributed by atoms with E-state index >= 15 is 0 Å². The maximum absolute atomic E-state index is 11.3. The average molecular weight is 233 g/mol. The van der Waals surface area contributed by atoms with Gasteiger partial charge in [-0.15, -0.1) is 0 Å². The number of alkyl carbamates (subject to hydrolysis) is 1. The number of hydrogen-bond acceptors (Lipinski definition) is 3. The molecular formula is C13H15NO3. The van der Waals surface area contributed by atoms with E-state index in [2.05, 4.69) is 19.2 Å². The summed E-state index contributed by atoms with van der Waals surface area (Å²) in [5, 5.41) is 2.12. The van der Waals surface area contributed by atoms with Gasteiger partial charge in [-0.3, -0.25) is 10.1 Å². The molecule has 0 radical (unpaired) electrons. The normalized spacial score (nSPS) is 19.4. The third kappa shape index (κ3) is 2.64. The summed E-state index contributed by atoms with van der Waals surface area (Å²) in [4.78, 5) is 22.2. The predicted octanol–water partition coefficient (Wildman–Crippen LogP) is 1.99. The molecule has 0 saturated carbocycles. The van der Waals surface area contributed by atoms with Crippen LogP contribution in [0.4, 0.5) is 4.79 Å².